The van der Waals surface area contributed by atoms with Crippen LogP contribution in [-0.2, 0) is 22.2 Å². The molecule has 2 aromatic rings. The molecule has 0 radical (unpaired) electrons. The van der Waals surface area contributed by atoms with Crippen molar-refractivity contribution in [2.75, 3.05) is 20.3 Å². The Balaban J connectivity index is 1.89. The maximum Gasteiger partial charge on any atom is 0.410 e. The number of hydrogen-bond donors (Lipinski definition) is 0. The molecular formula is C30H45NO5Si. The van der Waals surface area contributed by atoms with Crippen LogP contribution >= 0.6 is 0 Å². The van der Waals surface area contributed by atoms with Crippen molar-refractivity contribution in [1.29, 1.82) is 0 Å². The summed E-state index contributed by atoms with van der Waals surface area (Å²) in [6.07, 6.45) is 1.12. The summed E-state index contributed by atoms with van der Waals surface area (Å²) in [5.41, 5.74) is 2.77. The molecule has 1 heterocycles. The Bertz CT molecular complexity index is 1060. The van der Waals surface area contributed by atoms with Crippen molar-refractivity contribution in [3.8, 4) is 11.5 Å². The number of nitrogens with zero attached hydrogens (tertiary/aromatic N) is 1. The summed E-state index contributed by atoms with van der Waals surface area (Å²) in [7, 11) is -0.264. The fourth-order valence-corrected chi connectivity index (χ4v) is 5.27. The summed E-state index contributed by atoms with van der Waals surface area (Å²) < 4.78 is 24.2. The SMILES string of the molecule is COc1cc2c(cc1OCc1ccccc1)CCN(C(=O)OC(C)(C)C)C2CCO[Si](C)(C)C(C)(C)C. The number of carbonyl (C=O) groups is 1. The molecule has 1 aliphatic heterocycles. The third kappa shape index (κ3) is 7.51. The van der Waals surface area contributed by atoms with Crippen LogP contribution in [0.2, 0.25) is 18.1 Å². The number of ether oxygens (including phenoxy) is 3. The van der Waals surface area contributed by atoms with E-state index < -0.39 is 13.9 Å². The summed E-state index contributed by atoms with van der Waals surface area (Å²) in [6.45, 7) is 18.6. The molecule has 3 rings (SSSR count). The Morgan fingerprint density at radius 3 is 2.30 bits per heavy atom. The molecule has 0 N–H and O–H groups in total. The first-order chi connectivity index (χ1) is 17.2. The molecule has 2 aromatic carbocycles. The highest BCUT2D eigenvalue weighted by atomic mass is 28.4. The molecule has 0 saturated carbocycles. The fourth-order valence-electron chi connectivity index (χ4n) is 4.21. The minimum absolute atomic E-state index is 0.122. The lowest BCUT2D eigenvalue weighted by molar-refractivity contribution is 0.0117. The highest BCUT2D eigenvalue weighted by Crippen LogP contribution is 2.41. The fraction of sp³-hybridized carbons (Fsp3) is 0.567. The van der Waals surface area contributed by atoms with Crippen LogP contribution in [0.1, 0.15) is 70.7 Å². The van der Waals surface area contributed by atoms with Gasteiger partial charge in [-0.1, -0.05) is 51.1 Å². The Labute approximate surface area is 224 Å². The number of rotatable bonds is 8. The van der Waals surface area contributed by atoms with E-state index in [0.717, 1.165) is 17.5 Å². The molecule has 7 heteroatoms. The van der Waals surface area contributed by atoms with Crippen LogP contribution in [0.25, 0.3) is 0 Å². The van der Waals surface area contributed by atoms with Gasteiger partial charge in [0.15, 0.2) is 19.8 Å². The lowest BCUT2D eigenvalue weighted by Crippen LogP contribution is -2.45. The quantitative estimate of drug-likeness (QED) is 0.332. The second-order valence-corrected chi connectivity index (χ2v) is 17.1. The molecule has 1 amide bonds. The predicted molar refractivity (Wildman–Crippen MR) is 151 cm³/mol. The molecular weight excluding hydrogens is 482 g/mol. The number of fused-ring (bicyclic) bond motifs is 1. The Hall–Kier alpha value is -2.51. The molecule has 204 valence electrons. The molecule has 0 bridgehead atoms. The molecule has 0 fully saturated rings. The van der Waals surface area contributed by atoms with Gasteiger partial charge in [-0.25, -0.2) is 4.79 Å². The zero-order valence-electron chi connectivity index (χ0n) is 24.1. The average Bonchev–Trinajstić information content (AvgIpc) is 2.80. The standard InChI is InChI=1S/C30H45NO5Si/c1-29(2,3)36-28(32)31-17-15-23-19-27(34-21-22-13-11-10-12-14-22)26(33-7)20-24(23)25(31)16-18-35-37(8,9)30(4,5)6/h10-14,19-20,25H,15-18,21H2,1-9H3. The Kier molecular flexibility index (Phi) is 9.01. The first kappa shape index (κ1) is 29.0. The number of methoxy groups -OCH3 is 1. The van der Waals surface area contributed by atoms with Crippen molar-refractivity contribution in [3.63, 3.8) is 0 Å². The van der Waals surface area contributed by atoms with Gasteiger partial charge in [0.2, 0.25) is 0 Å². The number of amides is 1. The largest absolute Gasteiger partial charge is 0.493 e. The second kappa shape index (κ2) is 11.5. The zero-order valence-corrected chi connectivity index (χ0v) is 25.1. The van der Waals surface area contributed by atoms with Crippen molar-refractivity contribution in [3.05, 3.63) is 59.2 Å². The number of hydrogen-bond acceptors (Lipinski definition) is 5. The summed E-state index contributed by atoms with van der Waals surface area (Å²) >= 11 is 0. The summed E-state index contributed by atoms with van der Waals surface area (Å²) in [5.74, 6) is 1.38. The van der Waals surface area contributed by atoms with E-state index in [-0.39, 0.29) is 17.2 Å². The summed E-state index contributed by atoms with van der Waals surface area (Å²) in [5, 5.41) is 0.122. The van der Waals surface area contributed by atoms with Gasteiger partial charge in [-0.15, -0.1) is 0 Å². The second-order valence-electron chi connectivity index (χ2n) is 12.3. The van der Waals surface area contributed by atoms with Crippen molar-refractivity contribution in [1.82, 2.24) is 4.90 Å². The molecule has 0 saturated heterocycles. The molecule has 1 aliphatic rings. The number of carbonyl (C=O) groups excluding carboxylic acids is 1. The van der Waals surface area contributed by atoms with Crippen LogP contribution in [0.3, 0.4) is 0 Å². The normalized spacial score (nSPS) is 16.2. The highest BCUT2D eigenvalue weighted by molar-refractivity contribution is 6.74. The first-order valence-electron chi connectivity index (χ1n) is 13.2. The topological polar surface area (TPSA) is 57.2 Å². The first-order valence-corrected chi connectivity index (χ1v) is 16.1. The van der Waals surface area contributed by atoms with Crippen LogP contribution in [0.4, 0.5) is 4.79 Å². The Morgan fingerprint density at radius 1 is 1.03 bits per heavy atom. The van der Waals surface area contributed by atoms with Gasteiger partial charge < -0.3 is 23.5 Å². The van der Waals surface area contributed by atoms with Crippen molar-refractivity contribution < 1.29 is 23.4 Å². The van der Waals surface area contributed by atoms with E-state index in [1.54, 1.807) is 7.11 Å². The summed E-state index contributed by atoms with van der Waals surface area (Å²) in [6, 6.07) is 14.0. The van der Waals surface area contributed by atoms with E-state index in [0.29, 0.717) is 37.7 Å². The predicted octanol–water partition coefficient (Wildman–Crippen LogP) is 7.52. The van der Waals surface area contributed by atoms with Crippen molar-refractivity contribution in [2.45, 2.75) is 90.8 Å². The van der Waals surface area contributed by atoms with Gasteiger partial charge in [0.25, 0.3) is 0 Å². The number of benzene rings is 2. The van der Waals surface area contributed by atoms with E-state index in [4.69, 9.17) is 18.6 Å². The van der Waals surface area contributed by atoms with Crippen LogP contribution in [0.15, 0.2) is 42.5 Å². The maximum absolute atomic E-state index is 13.2. The lowest BCUT2D eigenvalue weighted by Gasteiger charge is -2.40. The van der Waals surface area contributed by atoms with Gasteiger partial charge in [-0.2, -0.15) is 0 Å². The molecule has 1 unspecified atom stereocenters. The van der Waals surface area contributed by atoms with Gasteiger partial charge in [-0.05, 0) is 80.6 Å². The average molecular weight is 528 g/mol. The van der Waals surface area contributed by atoms with Crippen molar-refractivity contribution in [2.24, 2.45) is 0 Å². The van der Waals surface area contributed by atoms with Crippen molar-refractivity contribution >= 4 is 14.4 Å². The minimum Gasteiger partial charge on any atom is -0.493 e. The van der Waals surface area contributed by atoms with Gasteiger partial charge >= 0.3 is 6.09 Å². The maximum atomic E-state index is 13.2. The van der Waals surface area contributed by atoms with Gasteiger partial charge in [0, 0.05) is 13.2 Å². The van der Waals surface area contributed by atoms with E-state index in [1.165, 1.54) is 5.56 Å². The van der Waals surface area contributed by atoms with Crippen LogP contribution in [0, 0.1) is 0 Å². The van der Waals surface area contributed by atoms with Crippen LogP contribution < -0.4 is 9.47 Å². The zero-order chi connectivity index (χ0) is 27.4. The third-order valence-corrected chi connectivity index (χ3v) is 11.8. The van der Waals surface area contributed by atoms with E-state index in [1.807, 2.05) is 62.1 Å². The molecule has 6 nitrogen and oxygen atoms in total. The van der Waals surface area contributed by atoms with E-state index >= 15 is 0 Å². The minimum atomic E-state index is -1.92. The van der Waals surface area contributed by atoms with Gasteiger partial charge in [0.05, 0.1) is 13.2 Å². The lowest BCUT2D eigenvalue weighted by atomic mass is 9.90. The third-order valence-electron chi connectivity index (χ3n) is 7.31. The van der Waals surface area contributed by atoms with Gasteiger partial charge in [0.1, 0.15) is 12.2 Å². The summed E-state index contributed by atoms with van der Waals surface area (Å²) in [4.78, 5) is 15.1. The molecule has 0 spiro atoms. The molecule has 0 aliphatic carbocycles. The highest BCUT2D eigenvalue weighted by Gasteiger charge is 2.39. The molecule has 37 heavy (non-hydrogen) atoms. The van der Waals surface area contributed by atoms with E-state index in [2.05, 4.69) is 39.9 Å². The smallest absolute Gasteiger partial charge is 0.410 e. The van der Waals surface area contributed by atoms with Crippen LogP contribution in [-0.4, -0.2) is 45.2 Å². The monoisotopic (exact) mass is 527 g/mol. The molecule has 1 atom stereocenters. The Morgan fingerprint density at radius 2 is 1.70 bits per heavy atom. The van der Waals surface area contributed by atoms with E-state index in [9.17, 15) is 4.79 Å². The van der Waals surface area contributed by atoms with Gasteiger partial charge in [-0.3, -0.25) is 0 Å². The molecule has 0 aromatic heterocycles. The van der Waals surface area contributed by atoms with Crippen LogP contribution in [0.5, 0.6) is 11.5 Å².